The maximum atomic E-state index is 12.7. The Morgan fingerprint density at radius 3 is 2.24 bits per heavy atom. The molecule has 0 spiro atoms. The van der Waals surface area contributed by atoms with Crippen LogP contribution < -0.4 is 11.1 Å². The first-order valence-electron chi connectivity index (χ1n) is 12.0. The Labute approximate surface area is 199 Å². The second-order valence-electron chi connectivity index (χ2n) is 8.07. The van der Waals surface area contributed by atoms with Crippen LogP contribution in [0, 0.1) is 0 Å². The van der Waals surface area contributed by atoms with E-state index in [-0.39, 0.29) is 38.3 Å². The van der Waals surface area contributed by atoms with E-state index >= 15 is 0 Å². The van der Waals surface area contributed by atoms with Crippen LogP contribution in [0.2, 0.25) is 0 Å². The molecule has 0 heterocycles. The lowest BCUT2D eigenvalue weighted by Crippen LogP contribution is -2.34. The van der Waals surface area contributed by atoms with Gasteiger partial charge in [-0.1, -0.05) is 57.9 Å². The first kappa shape index (κ1) is 31.8. The average molecular weight is 493 g/mol. The second kappa shape index (κ2) is 20.2. The van der Waals surface area contributed by atoms with E-state index in [2.05, 4.69) is 18.8 Å². The topological polar surface area (TPSA) is 126 Å². The van der Waals surface area contributed by atoms with Crippen LogP contribution in [0.15, 0.2) is 12.7 Å². The highest BCUT2D eigenvalue weighted by Gasteiger charge is 2.29. The Balaban J connectivity index is 4.77. The van der Waals surface area contributed by atoms with Crippen molar-refractivity contribution in [2.24, 2.45) is 5.73 Å². The second-order valence-corrected chi connectivity index (χ2v) is 9.73. The summed E-state index contributed by atoms with van der Waals surface area (Å²) in [6.07, 6.45) is 11.0. The van der Waals surface area contributed by atoms with E-state index in [1.807, 2.05) is 0 Å². The fourth-order valence-corrected chi connectivity index (χ4v) is 4.51. The summed E-state index contributed by atoms with van der Waals surface area (Å²) in [7, 11) is -3.87. The average Bonchev–Trinajstić information content (AvgIpc) is 2.76. The number of nitrogens with one attached hydrogen (secondary N) is 1. The van der Waals surface area contributed by atoms with Crippen molar-refractivity contribution in [2.45, 2.75) is 97.1 Å². The fraction of sp³-hybridized carbons (Fsp3) is 0.826. The van der Waals surface area contributed by atoms with Gasteiger partial charge in [0.25, 0.3) is 0 Å². The van der Waals surface area contributed by atoms with Crippen molar-refractivity contribution in [1.29, 1.82) is 0 Å². The molecule has 3 atom stereocenters. The highest BCUT2D eigenvalue weighted by atomic mass is 31.2. The number of carbonyl (C=O) groups excluding carboxylic acids is 2. The first-order chi connectivity index (χ1) is 15.8. The van der Waals surface area contributed by atoms with Crippen molar-refractivity contribution in [2.75, 3.05) is 26.4 Å². The molecule has 0 radical (unpaired) electrons. The van der Waals surface area contributed by atoms with E-state index in [1.54, 1.807) is 0 Å². The quantitative estimate of drug-likeness (QED) is 0.0968. The number of ether oxygens (including phenoxy) is 1. The lowest BCUT2D eigenvalue weighted by atomic mass is 10.0. The number of esters is 1. The molecule has 3 N–H and O–H groups in total. The molecule has 0 aliphatic heterocycles. The number of phosphoric ester groups is 1. The molecule has 3 unspecified atom stereocenters. The van der Waals surface area contributed by atoms with E-state index in [0.717, 1.165) is 19.3 Å². The number of hydrogen-bond acceptors (Lipinski definition) is 8. The van der Waals surface area contributed by atoms with Crippen molar-refractivity contribution in [1.82, 2.24) is 5.32 Å². The summed E-state index contributed by atoms with van der Waals surface area (Å²) in [4.78, 5) is 23.2. The van der Waals surface area contributed by atoms with Gasteiger partial charge in [-0.15, -0.1) is 6.58 Å². The summed E-state index contributed by atoms with van der Waals surface area (Å²) < 4.78 is 33.8. The Hall–Kier alpha value is -1.25. The molecule has 1 amide bonds. The largest absolute Gasteiger partial charge is 0.475 e. The summed E-state index contributed by atoms with van der Waals surface area (Å²) >= 11 is 0. The third-order valence-electron chi connectivity index (χ3n) is 4.87. The molecule has 194 valence electrons. The molecule has 0 aromatic carbocycles. The molecule has 0 fully saturated rings. The number of carbonyl (C=O) groups is 2. The van der Waals surface area contributed by atoms with Gasteiger partial charge >= 0.3 is 13.8 Å². The maximum absolute atomic E-state index is 12.7. The number of hydrogen-bond donors (Lipinski definition) is 2. The van der Waals surface area contributed by atoms with Gasteiger partial charge in [0.05, 0.1) is 19.8 Å². The molecule has 0 aromatic heterocycles. The lowest BCUT2D eigenvalue weighted by Gasteiger charge is -2.24. The Morgan fingerprint density at radius 2 is 1.67 bits per heavy atom. The van der Waals surface area contributed by atoms with Crippen molar-refractivity contribution in [3.63, 3.8) is 0 Å². The smallest absolute Gasteiger partial charge is 0.460 e. The van der Waals surface area contributed by atoms with E-state index in [4.69, 9.17) is 24.0 Å². The summed E-state index contributed by atoms with van der Waals surface area (Å²) in [5.41, 5.74) is 5.41. The van der Waals surface area contributed by atoms with E-state index in [1.165, 1.54) is 52.0 Å². The van der Waals surface area contributed by atoms with Gasteiger partial charge in [0.2, 0.25) is 5.91 Å². The van der Waals surface area contributed by atoms with Crippen LogP contribution in [0.1, 0.15) is 85.0 Å². The molecule has 0 saturated carbocycles. The van der Waals surface area contributed by atoms with Crippen LogP contribution in [0.5, 0.6) is 0 Å². The van der Waals surface area contributed by atoms with Gasteiger partial charge in [-0.2, -0.15) is 0 Å². The highest BCUT2D eigenvalue weighted by Crippen LogP contribution is 2.49. The number of phosphoric acid groups is 1. The minimum Gasteiger partial charge on any atom is -0.460 e. The van der Waals surface area contributed by atoms with Gasteiger partial charge in [0.15, 0.2) is 0 Å². The minimum absolute atomic E-state index is 0.00426. The Bertz CT molecular complexity index is 589. The van der Waals surface area contributed by atoms with Gasteiger partial charge in [-0.25, -0.2) is 4.57 Å². The summed E-state index contributed by atoms with van der Waals surface area (Å²) in [5.74, 6) is -0.572. The molecular formula is C23H45N2O7P. The van der Waals surface area contributed by atoms with Crippen LogP contribution in [-0.2, 0) is 32.5 Å². The molecule has 0 rings (SSSR count). The van der Waals surface area contributed by atoms with E-state index < -0.39 is 19.9 Å². The van der Waals surface area contributed by atoms with Crippen LogP contribution >= 0.6 is 7.82 Å². The standard InChI is InChI=1S/C23H45N2O7P/c1-5-7-8-9-10-11-12-13-22(25-20(3)26)14-15-23(32-21(4)27)19-31-33(28,29-17-6-2)30-18-16-24/h6,22-23H,2,5,7-19,24H2,1,3-4H3,(H,25,26). The third kappa shape index (κ3) is 18.8. The van der Waals surface area contributed by atoms with Crippen molar-refractivity contribution < 1.29 is 32.5 Å². The molecule has 0 saturated heterocycles. The predicted octanol–water partition coefficient (Wildman–Crippen LogP) is 4.65. The zero-order chi connectivity index (χ0) is 25.0. The maximum Gasteiger partial charge on any atom is 0.475 e. The summed E-state index contributed by atoms with van der Waals surface area (Å²) in [6, 6.07) is -0.0338. The van der Waals surface area contributed by atoms with Gasteiger partial charge < -0.3 is 15.8 Å². The van der Waals surface area contributed by atoms with E-state index in [0.29, 0.717) is 12.8 Å². The zero-order valence-corrected chi connectivity index (χ0v) is 21.6. The molecule has 0 aromatic rings. The number of rotatable bonds is 22. The monoisotopic (exact) mass is 492 g/mol. The molecule has 0 aliphatic rings. The van der Waals surface area contributed by atoms with Gasteiger partial charge in [-0.05, 0) is 19.3 Å². The minimum atomic E-state index is -3.87. The highest BCUT2D eigenvalue weighted by molar-refractivity contribution is 7.48. The van der Waals surface area contributed by atoms with Crippen molar-refractivity contribution in [3.8, 4) is 0 Å². The first-order valence-corrected chi connectivity index (χ1v) is 13.5. The van der Waals surface area contributed by atoms with Crippen LogP contribution in [-0.4, -0.2) is 50.4 Å². The van der Waals surface area contributed by atoms with Gasteiger partial charge in [0.1, 0.15) is 6.10 Å². The Morgan fingerprint density at radius 1 is 1.00 bits per heavy atom. The summed E-state index contributed by atoms with van der Waals surface area (Å²) in [6.45, 7) is 8.46. The van der Waals surface area contributed by atoms with Crippen molar-refractivity contribution >= 4 is 19.7 Å². The number of nitrogens with two attached hydrogens (primary N) is 1. The molecule has 10 heteroatoms. The summed E-state index contributed by atoms with van der Waals surface area (Å²) in [5, 5.41) is 2.98. The molecule has 0 bridgehead atoms. The molecular weight excluding hydrogens is 447 g/mol. The van der Waals surface area contributed by atoms with Crippen LogP contribution in [0.4, 0.5) is 0 Å². The zero-order valence-electron chi connectivity index (χ0n) is 20.7. The number of unbranched alkanes of at least 4 members (excludes halogenated alkanes) is 6. The van der Waals surface area contributed by atoms with Crippen LogP contribution in [0.25, 0.3) is 0 Å². The predicted molar refractivity (Wildman–Crippen MR) is 130 cm³/mol. The molecule has 9 nitrogen and oxygen atoms in total. The molecule has 33 heavy (non-hydrogen) atoms. The van der Waals surface area contributed by atoms with Gasteiger partial charge in [0, 0.05) is 26.4 Å². The lowest BCUT2D eigenvalue weighted by molar-refractivity contribution is -0.148. The fourth-order valence-electron chi connectivity index (χ4n) is 3.32. The number of amides is 1. The Kier molecular flexibility index (Phi) is 19.4. The van der Waals surface area contributed by atoms with Gasteiger partial charge in [-0.3, -0.25) is 23.2 Å². The van der Waals surface area contributed by atoms with Crippen molar-refractivity contribution in [3.05, 3.63) is 12.7 Å². The SMILES string of the molecule is C=CCOP(=O)(OCCN)OCC(CCC(CCCCCCCCC)NC(C)=O)OC(C)=O. The molecule has 0 aliphatic carbocycles. The van der Waals surface area contributed by atoms with E-state index in [9.17, 15) is 14.2 Å². The normalized spacial score (nSPS) is 14.8. The van der Waals surface area contributed by atoms with Crippen LogP contribution in [0.3, 0.4) is 0 Å². The third-order valence-corrected chi connectivity index (χ3v) is 6.30.